The molecule has 0 saturated heterocycles. The van der Waals surface area contributed by atoms with E-state index in [1.165, 1.54) is 4.70 Å². The molecule has 0 aliphatic rings. The second-order valence-electron chi connectivity index (χ2n) is 3.27. The lowest BCUT2D eigenvalue weighted by atomic mass is 10.3. The zero-order chi connectivity index (χ0) is 11.5. The van der Waals surface area contributed by atoms with Gasteiger partial charge in [-0.15, -0.1) is 11.3 Å². The van der Waals surface area contributed by atoms with Crippen LogP contribution in [0.5, 0.6) is 0 Å². The fraction of sp³-hybridized carbons (Fsp3) is 0.200. The smallest absolute Gasteiger partial charge is 0.162 e. The summed E-state index contributed by atoms with van der Waals surface area (Å²) < 4.78 is 3.14. The molecule has 1 aromatic carbocycles. The molecule has 1 heterocycles. The van der Waals surface area contributed by atoms with Crippen molar-refractivity contribution >= 4 is 59.7 Å². The molecule has 1 aromatic heterocycles. The van der Waals surface area contributed by atoms with Crippen molar-refractivity contribution in [2.75, 3.05) is 14.1 Å². The average molecular weight is 286 g/mol. The highest BCUT2D eigenvalue weighted by Crippen LogP contribution is 2.37. The summed E-state index contributed by atoms with van der Waals surface area (Å²) in [6.45, 7) is 0. The van der Waals surface area contributed by atoms with Gasteiger partial charge in [-0.25, -0.2) is 4.98 Å². The Hall–Kier alpha value is -0.300. The first kappa shape index (κ1) is 12.2. The predicted molar refractivity (Wildman–Crippen MR) is 79.4 cm³/mol. The molecule has 84 valence electrons. The second kappa shape index (κ2) is 5.35. The fourth-order valence-corrected chi connectivity index (χ4v) is 4.47. The molecule has 0 N–H and O–H groups in total. The number of hydrogen-bond acceptors (Lipinski definition) is 5. The Morgan fingerprint density at radius 2 is 2.12 bits per heavy atom. The third-order valence-electron chi connectivity index (χ3n) is 1.82. The highest BCUT2D eigenvalue weighted by molar-refractivity contribution is 8.83. The monoisotopic (exact) mass is 286 g/mol. The molecule has 0 spiro atoms. The molecular weight excluding hydrogens is 276 g/mol. The van der Waals surface area contributed by atoms with Crippen LogP contribution in [0.25, 0.3) is 10.2 Å². The molecule has 16 heavy (non-hydrogen) atoms. The van der Waals surface area contributed by atoms with Gasteiger partial charge in [0.1, 0.15) is 4.32 Å². The van der Waals surface area contributed by atoms with Crippen LogP contribution in [0.1, 0.15) is 0 Å². The van der Waals surface area contributed by atoms with Crippen LogP contribution >= 0.6 is 45.1 Å². The minimum atomic E-state index is 0.865. The number of aromatic nitrogens is 1. The van der Waals surface area contributed by atoms with E-state index in [9.17, 15) is 0 Å². The van der Waals surface area contributed by atoms with Gasteiger partial charge in [0.2, 0.25) is 0 Å². The van der Waals surface area contributed by atoms with Gasteiger partial charge in [-0.05, 0) is 33.7 Å². The lowest BCUT2D eigenvalue weighted by molar-refractivity contribution is 0.648. The largest absolute Gasteiger partial charge is 0.363 e. The number of rotatable bonds is 2. The number of thiazole rings is 1. The van der Waals surface area contributed by atoms with Crippen molar-refractivity contribution in [3.05, 3.63) is 24.3 Å². The van der Waals surface area contributed by atoms with Crippen LogP contribution in [-0.4, -0.2) is 28.3 Å². The average Bonchev–Trinajstić information content (AvgIpc) is 2.68. The number of fused-ring (bicyclic) bond motifs is 1. The van der Waals surface area contributed by atoms with Crippen LogP contribution < -0.4 is 0 Å². The van der Waals surface area contributed by atoms with Crippen molar-refractivity contribution < 1.29 is 0 Å². The lowest BCUT2D eigenvalue weighted by Crippen LogP contribution is -2.14. The molecule has 0 atom stereocenters. The summed E-state index contributed by atoms with van der Waals surface area (Å²) in [5.74, 6) is 0. The standard InChI is InChI=1S/C10H10N2S4/c1-12(2)10(13)16-15-9-11-7-5-3-4-6-8(7)14-9/h3-6H,1-2H3. The predicted octanol–water partition coefficient (Wildman–Crippen LogP) is 3.88. The van der Waals surface area contributed by atoms with Crippen molar-refractivity contribution in [1.29, 1.82) is 0 Å². The zero-order valence-electron chi connectivity index (χ0n) is 8.84. The van der Waals surface area contributed by atoms with Gasteiger partial charge in [0, 0.05) is 14.1 Å². The van der Waals surface area contributed by atoms with E-state index in [1.807, 2.05) is 37.2 Å². The molecule has 0 radical (unpaired) electrons. The molecule has 0 bridgehead atoms. The van der Waals surface area contributed by atoms with E-state index in [2.05, 4.69) is 11.1 Å². The molecule has 0 aliphatic carbocycles. The number of nitrogens with zero attached hydrogens (tertiary/aromatic N) is 2. The topological polar surface area (TPSA) is 16.1 Å². The van der Waals surface area contributed by atoms with E-state index in [1.54, 1.807) is 32.9 Å². The summed E-state index contributed by atoms with van der Waals surface area (Å²) in [6, 6.07) is 8.16. The Kier molecular flexibility index (Phi) is 4.07. The maximum atomic E-state index is 5.20. The van der Waals surface area contributed by atoms with Crippen molar-refractivity contribution in [2.24, 2.45) is 0 Å². The van der Waals surface area contributed by atoms with E-state index in [0.29, 0.717) is 0 Å². The molecule has 2 aromatic rings. The second-order valence-corrected chi connectivity index (χ2v) is 7.32. The maximum Gasteiger partial charge on any atom is 0.162 e. The molecule has 0 unspecified atom stereocenters. The van der Waals surface area contributed by atoms with Crippen LogP contribution in [0, 0.1) is 0 Å². The highest BCUT2D eigenvalue weighted by atomic mass is 33.1. The van der Waals surface area contributed by atoms with E-state index >= 15 is 0 Å². The van der Waals surface area contributed by atoms with Crippen molar-refractivity contribution in [1.82, 2.24) is 9.88 Å². The molecular formula is C10H10N2S4. The van der Waals surface area contributed by atoms with Gasteiger partial charge in [0.05, 0.1) is 10.2 Å². The Morgan fingerprint density at radius 1 is 1.38 bits per heavy atom. The number of benzene rings is 1. The van der Waals surface area contributed by atoms with Gasteiger partial charge in [-0.2, -0.15) is 0 Å². The van der Waals surface area contributed by atoms with Crippen molar-refractivity contribution in [3.8, 4) is 0 Å². The third-order valence-corrected chi connectivity index (χ3v) is 6.42. The molecule has 0 amide bonds. The van der Waals surface area contributed by atoms with Crippen molar-refractivity contribution in [3.63, 3.8) is 0 Å². The summed E-state index contributed by atoms with van der Waals surface area (Å²) >= 11 is 6.91. The minimum Gasteiger partial charge on any atom is -0.363 e. The summed E-state index contributed by atoms with van der Waals surface area (Å²) in [4.78, 5) is 6.46. The van der Waals surface area contributed by atoms with Gasteiger partial charge >= 0.3 is 0 Å². The van der Waals surface area contributed by atoms with Crippen LogP contribution in [0.15, 0.2) is 28.6 Å². The summed E-state index contributed by atoms with van der Waals surface area (Å²) in [5.41, 5.74) is 1.06. The number of hydrogen-bond donors (Lipinski definition) is 0. The molecule has 0 fully saturated rings. The Labute approximate surface area is 112 Å². The molecule has 2 rings (SSSR count). The molecule has 0 saturated carbocycles. The van der Waals surface area contributed by atoms with Crippen LogP contribution in [0.2, 0.25) is 0 Å². The number of thiocarbonyl (C=S) groups is 1. The molecule has 0 aliphatic heterocycles. The first-order valence-electron chi connectivity index (χ1n) is 4.58. The van der Waals surface area contributed by atoms with Gasteiger partial charge in [-0.3, -0.25) is 0 Å². The van der Waals surface area contributed by atoms with Gasteiger partial charge < -0.3 is 4.90 Å². The number of para-hydroxylation sites is 1. The first-order valence-corrected chi connectivity index (χ1v) is 7.95. The Balaban J connectivity index is 2.07. The molecule has 2 nitrogen and oxygen atoms in total. The SMILES string of the molecule is CN(C)C(=S)SSc1nc2ccccc2s1. The van der Waals surface area contributed by atoms with Crippen LogP contribution in [0.4, 0.5) is 0 Å². The Bertz CT molecular complexity index is 473. The van der Waals surface area contributed by atoms with Gasteiger partial charge in [-0.1, -0.05) is 24.4 Å². The van der Waals surface area contributed by atoms with E-state index in [4.69, 9.17) is 12.2 Å². The maximum absolute atomic E-state index is 5.20. The Morgan fingerprint density at radius 3 is 2.81 bits per heavy atom. The fourth-order valence-electron chi connectivity index (χ4n) is 1.03. The normalized spacial score (nSPS) is 10.6. The van der Waals surface area contributed by atoms with Gasteiger partial charge in [0.15, 0.2) is 4.34 Å². The summed E-state index contributed by atoms with van der Waals surface area (Å²) in [5, 5.41) is 0. The van der Waals surface area contributed by atoms with Gasteiger partial charge in [0.25, 0.3) is 0 Å². The van der Waals surface area contributed by atoms with Crippen LogP contribution in [-0.2, 0) is 0 Å². The zero-order valence-corrected chi connectivity index (χ0v) is 12.1. The van der Waals surface area contributed by atoms with E-state index in [0.717, 1.165) is 14.2 Å². The van der Waals surface area contributed by atoms with E-state index < -0.39 is 0 Å². The quantitative estimate of drug-likeness (QED) is 0.613. The third kappa shape index (κ3) is 2.88. The highest BCUT2D eigenvalue weighted by Gasteiger charge is 2.06. The first-order chi connectivity index (χ1) is 7.66. The minimum absolute atomic E-state index is 0.865. The summed E-state index contributed by atoms with van der Waals surface area (Å²) in [7, 11) is 7.10. The lowest BCUT2D eigenvalue weighted by Gasteiger charge is -2.10. The summed E-state index contributed by atoms with van der Waals surface area (Å²) in [6.07, 6.45) is 0. The molecule has 6 heteroatoms. The van der Waals surface area contributed by atoms with Crippen LogP contribution in [0.3, 0.4) is 0 Å². The van der Waals surface area contributed by atoms with Crippen molar-refractivity contribution in [2.45, 2.75) is 4.34 Å². The van der Waals surface area contributed by atoms with E-state index in [-0.39, 0.29) is 0 Å².